The van der Waals surface area contributed by atoms with Crippen LogP contribution in [0.3, 0.4) is 0 Å². The molecule has 1 aliphatic rings. The number of piperazine rings is 1. The minimum absolute atomic E-state index is 0.0298. The average Bonchev–Trinajstić information content (AvgIpc) is 2.84. The van der Waals surface area contributed by atoms with Crippen LogP contribution in [0.25, 0.3) is 11.3 Å². The Morgan fingerprint density at radius 3 is 2.15 bits per heavy atom. The van der Waals surface area contributed by atoms with Crippen molar-refractivity contribution >= 4 is 40.4 Å². The van der Waals surface area contributed by atoms with Gasteiger partial charge in [0.05, 0.1) is 5.69 Å². The van der Waals surface area contributed by atoms with Gasteiger partial charge in [0.1, 0.15) is 0 Å². The number of anilines is 3. The number of carbonyl (C=O) groups is 2. The fraction of sp³-hybridized carbons (Fsp3) is 0.217. The monoisotopic (exact) mass is 480 g/mol. The van der Waals surface area contributed by atoms with E-state index in [0.29, 0.717) is 49.1 Å². The molecule has 4 rings (SSSR count). The molecule has 1 atom stereocenters. The maximum Gasteiger partial charge on any atom is 0.259 e. The first kappa shape index (κ1) is 23.3. The average molecular weight is 481 g/mol. The summed E-state index contributed by atoms with van der Waals surface area (Å²) in [6, 6.07) is 15.8. The van der Waals surface area contributed by atoms with Gasteiger partial charge < -0.3 is 15.1 Å². The van der Waals surface area contributed by atoms with E-state index in [4.69, 9.17) is 4.55 Å². The number of hydrogen-bond donors (Lipinski definition) is 3. The third-order valence-corrected chi connectivity index (χ3v) is 5.85. The van der Waals surface area contributed by atoms with Crippen molar-refractivity contribution in [2.75, 3.05) is 36.2 Å². The summed E-state index contributed by atoms with van der Waals surface area (Å²) < 4.78 is 22.2. The van der Waals surface area contributed by atoms with Gasteiger partial charge in [-0.2, -0.15) is 0 Å². The number of amides is 2. The summed E-state index contributed by atoms with van der Waals surface area (Å²) in [6.45, 7) is 3.68. The van der Waals surface area contributed by atoms with E-state index in [0.717, 1.165) is 11.3 Å². The number of carbonyl (C=O) groups excluding carboxylic acids is 2. The van der Waals surface area contributed by atoms with Gasteiger partial charge in [-0.3, -0.25) is 18.9 Å². The highest BCUT2D eigenvalue weighted by Gasteiger charge is 2.23. The maximum absolute atomic E-state index is 12.8. The summed E-state index contributed by atoms with van der Waals surface area (Å²) in [4.78, 5) is 36.5. The zero-order chi connectivity index (χ0) is 24.1. The first-order chi connectivity index (χ1) is 16.4. The van der Waals surface area contributed by atoms with Crippen molar-refractivity contribution in [1.29, 1.82) is 0 Å². The number of nitrogens with one attached hydrogen (secondary N) is 2. The van der Waals surface area contributed by atoms with Crippen LogP contribution in [0.4, 0.5) is 17.3 Å². The van der Waals surface area contributed by atoms with Crippen LogP contribution in [0.1, 0.15) is 17.3 Å². The molecule has 1 fully saturated rings. The summed E-state index contributed by atoms with van der Waals surface area (Å²) in [6.07, 6.45) is 1.64. The van der Waals surface area contributed by atoms with Crippen LogP contribution in [-0.2, 0) is 16.1 Å². The Morgan fingerprint density at radius 1 is 0.912 bits per heavy atom. The molecule has 2 amide bonds. The molecular weight excluding hydrogens is 456 g/mol. The predicted molar refractivity (Wildman–Crippen MR) is 130 cm³/mol. The van der Waals surface area contributed by atoms with Crippen molar-refractivity contribution < 1.29 is 18.4 Å². The summed E-state index contributed by atoms with van der Waals surface area (Å²) in [5.74, 6) is 0.369. The summed E-state index contributed by atoms with van der Waals surface area (Å²) in [5.41, 5.74) is 3.35. The zero-order valence-electron chi connectivity index (χ0n) is 18.5. The minimum atomic E-state index is -2.13. The quantitative estimate of drug-likeness (QED) is 0.463. The van der Waals surface area contributed by atoms with Crippen molar-refractivity contribution in [3.05, 3.63) is 66.4 Å². The van der Waals surface area contributed by atoms with E-state index in [-0.39, 0.29) is 11.8 Å². The van der Waals surface area contributed by atoms with Crippen LogP contribution in [0, 0.1) is 0 Å². The molecule has 0 saturated carbocycles. The molecule has 3 N–H and O–H groups in total. The van der Waals surface area contributed by atoms with Crippen LogP contribution in [0.15, 0.2) is 60.8 Å². The van der Waals surface area contributed by atoms with Gasteiger partial charge in [-0.1, -0.05) is 12.1 Å². The third-order valence-electron chi connectivity index (χ3n) is 5.44. The number of benzene rings is 2. The number of hydrogen-bond acceptors (Lipinski definition) is 6. The Kier molecular flexibility index (Phi) is 7.14. The number of aromatic nitrogens is 2. The van der Waals surface area contributed by atoms with Gasteiger partial charge >= 0.3 is 0 Å². The molecule has 176 valence electrons. The van der Waals surface area contributed by atoms with Gasteiger partial charge in [0.2, 0.25) is 11.9 Å². The summed E-state index contributed by atoms with van der Waals surface area (Å²) in [5, 5.41) is 3.14. The van der Waals surface area contributed by atoms with Crippen molar-refractivity contribution in [3.63, 3.8) is 0 Å². The van der Waals surface area contributed by atoms with Crippen molar-refractivity contribution in [2.24, 2.45) is 0 Å². The number of rotatable bonds is 6. The van der Waals surface area contributed by atoms with E-state index in [2.05, 4.69) is 20.0 Å². The van der Waals surface area contributed by atoms with Crippen molar-refractivity contribution in [1.82, 2.24) is 19.8 Å². The van der Waals surface area contributed by atoms with Gasteiger partial charge in [-0.15, -0.1) is 0 Å². The Bertz CT molecular complexity index is 1190. The van der Waals surface area contributed by atoms with Crippen LogP contribution in [0.2, 0.25) is 0 Å². The second-order valence-electron chi connectivity index (χ2n) is 7.69. The lowest BCUT2D eigenvalue weighted by Gasteiger charge is -2.34. The van der Waals surface area contributed by atoms with Gasteiger partial charge in [-0.25, -0.2) is 14.2 Å². The highest BCUT2D eigenvalue weighted by Crippen LogP contribution is 2.22. The van der Waals surface area contributed by atoms with E-state index < -0.39 is 11.3 Å². The molecule has 10 nitrogen and oxygen atoms in total. The first-order valence-electron chi connectivity index (χ1n) is 10.6. The second-order valence-corrected chi connectivity index (χ2v) is 8.40. The topological polar surface area (TPSA) is 128 Å². The van der Waals surface area contributed by atoms with E-state index in [1.54, 1.807) is 77.5 Å². The fourth-order valence-electron chi connectivity index (χ4n) is 3.62. The molecule has 1 saturated heterocycles. The minimum Gasteiger partial charge on any atom is -0.339 e. The Morgan fingerprint density at radius 2 is 1.53 bits per heavy atom. The molecule has 2 heterocycles. The lowest BCUT2D eigenvalue weighted by Crippen LogP contribution is -2.50. The fourth-order valence-corrected chi connectivity index (χ4v) is 3.96. The lowest BCUT2D eigenvalue weighted by molar-refractivity contribution is -0.130. The molecule has 34 heavy (non-hydrogen) atoms. The second kappa shape index (κ2) is 10.4. The molecule has 0 spiro atoms. The smallest absolute Gasteiger partial charge is 0.259 e. The van der Waals surface area contributed by atoms with Crippen LogP contribution in [-0.4, -0.2) is 66.5 Å². The highest BCUT2D eigenvalue weighted by atomic mass is 32.2. The Labute approximate surface area is 199 Å². The molecule has 0 bridgehead atoms. The van der Waals surface area contributed by atoms with Crippen LogP contribution < -0.4 is 10.0 Å². The van der Waals surface area contributed by atoms with E-state index in [9.17, 15) is 13.8 Å². The normalized spacial score (nSPS) is 14.4. The molecular formula is C23H24N6O4S. The molecule has 3 aromatic rings. The van der Waals surface area contributed by atoms with Crippen molar-refractivity contribution in [3.8, 4) is 11.3 Å². The standard InChI is InChI=1S/C23H24N6O4S/c1-16(30)28-12-14-29(15-13-28)22(31)18-4-6-19(7-5-18)25-23-24-11-10-21(26-23)17-2-8-20(9-3-17)27-34(32)33/h2-11,27H,12-15H2,1H3,(H,32,33)(H,24,25,26). The van der Waals surface area contributed by atoms with Crippen LogP contribution >= 0.6 is 0 Å². The first-order valence-corrected chi connectivity index (χ1v) is 11.7. The van der Waals surface area contributed by atoms with Crippen LogP contribution in [0.5, 0.6) is 0 Å². The predicted octanol–water partition coefficient (Wildman–Crippen LogP) is 2.74. The van der Waals surface area contributed by atoms with Gasteiger partial charge in [0, 0.05) is 61.8 Å². The van der Waals surface area contributed by atoms with E-state index >= 15 is 0 Å². The largest absolute Gasteiger partial charge is 0.339 e. The van der Waals surface area contributed by atoms with Gasteiger partial charge in [-0.05, 0) is 42.5 Å². The molecule has 1 aliphatic heterocycles. The van der Waals surface area contributed by atoms with Crippen molar-refractivity contribution in [2.45, 2.75) is 6.92 Å². The molecule has 0 aliphatic carbocycles. The molecule has 2 aromatic carbocycles. The molecule has 11 heteroatoms. The third kappa shape index (κ3) is 5.74. The van der Waals surface area contributed by atoms with Gasteiger partial charge in [0.15, 0.2) is 0 Å². The lowest BCUT2D eigenvalue weighted by atomic mass is 10.1. The summed E-state index contributed by atoms with van der Waals surface area (Å²) >= 11 is -2.13. The van der Waals surface area contributed by atoms with E-state index in [1.165, 1.54) is 0 Å². The number of nitrogens with zero attached hydrogens (tertiary/aromatic N) is 4. The summed E-state index contributed by atoms with van der Waals surface area (Å²) in [7, 11) is 0. The van der Waals surface area contributed by atoms with Gasteiger partial charge in [0.25, 0.3) is 17.2 Å². The molecule has 1 aromatic heterocycles. The molecule has 0 radical (unpaired) electrons. The molecule has 1 unspecified atom stereocenters. The Hall–Kier alpha value is -3.83. The zero-order valence-corrected chi connectivity index (χ0v) is 19.3. The van der Waals surface area contributed by atoms with E-state index in [1.807, 2.05) is 0 Å². The Balaban J connectivity index is 1.39. The highest BCUT2D eigenvalue weighted by molar-refractivity contribution is 7.80. The maximum atomic E-state index is 12.8. The SMILES string of the molecule is CC(=O)N1CCN(C(=O)c2ccc(Nc3nccc(-c4ccc(NS(=O)O)cc4)n3)cc2)CC1.